The lowest BCUT2D eigenvalue weighted by molar-refractivity contribution is 0.102. The number of nitrogens with zero attached hydrogens (tertiary/aromatic N) is 2. The van der Waals surface area contributed by atoms with E-state index in [1.54, 1.807) is 30.3 Å². The third kappa shape index (κ3) is 3.42. The molecule has 0 radical (unpaired) electrons. The Hall–Kier alpha value is -1.45. The minimum atomic E-state index is -0.283. The molecule has 2 aromatic heterocycles. The molecule has 0 aliphatic carbocycles. The fourth-order valence-electron chi connectivity index (χ4n) is 1.61. The minimum absolute atomic E-state index is 0.283. The molecule has 3 aromatic rings. The number of amides is 1. The van der Waals surface area contributed by atoms with E-state index >= 15 is 0 Å². The molecule has 3 rings (SSSR count). The smallest absolute Gasteiger partial charge is 0.257 e. The molecule has 0 saturated heterocycles. The second-order valence-corrected chi connectivity index (χ2v) is 6.24. The van der Waals surface area contributed by atoms with Crippen molar-refractivity contribution in [2.75, 3.05) is 5.32 Å². The van der Waals surface area contributed by atoms with Gasteiger partial charge in [-0.25, -0.2) is 0 Å². The van der Waals surface area contributed by atoms with Crippen LogP contribution in [0.3, 0.4) is 0 Å². The van der Waals surface area contributed by atoms with Gasteiger partial charge in [0.25, 0.3) is 5.91 Å². The number of furan rings is 1. The van der Waals surface area contributed by atoms with Crippen molar-refractivity contribution < 1.29 is 9.21 Å². The third-order valence-corrected chi connectivity index (χ3v) is 3.97. The fourth-order valence-corrected chi connectivity index (χ4v) is 2.78. The molecule has 1 amide bonds. The first-order chi connectivity index (χ1) is 10.1. The maximum Gasteiger partial charge on any atom is 0.257 e. The fraction of sp³-hybridized carbons (Fsp3) is 0. The molecule has 21 heavy (non-hydrogen) atoms. The van der Waals surface area contributed by atoms with Crippen molar-refractivity contribution >= 4 is 56.8 Å². The van der Waals surface area contributed by atoms with Gasteiger partial charge in [-0.05, 0) is 52.9 Å². The predicted molar refractivity (Wildman–Crippen MR) is 89.7 cm³/mol. The summed E-state index contributed by atoms with van der Waals surface area (Å²) in [6.07, 6.45) is 0. The summed E-state index contributed by atoms with van der Waals surface area (Å²) in [5.41, 5.74) is 0.465. The monoisotopic (exact) mass is 431 g/mol. The highest BCUT2D eigenvalue weighted by atomic mass is 127. The van der Waals surface area contributed by atoms with Crippen molar-refractivity contribution in [1.82, 2.24) is 9.36 Å². The second-order valence-electron chi connectivity index (χ2n) is 3.99. The van der Waals surface area contributed by atoms with E-state index in [9.17, 15) is 4.79 Å². The van der Waals surface area contributed by atoms with Crippen molar-refractivity contribution in [3.05, 3.63) is 50.8 Å². The Morgan fingerprint density at radius 2 is 2.19 bits per heavy atom. The summed E-state index contributed by atoms with van der Waals surface area (Å²) in [5.74, 6) is 0.734. The SMILES string of the molecule is O=C(Nc1nc(-c2ccc(I)o2)ns1)c1cccc(Cl)c1. The highest BCUT2D eigenvalue weighted by molar-refractivity contribution is 14.1. The first kappa shape index (κ1) is 14.5. The quantitative estimate of drug-likeness (QED) is 0.628. The van der Waals surface area contributed by atoms with Crippen molar-refractivity contribution in [3.63, 3.8) is 0 Å². The maximum atomic E-state index is 12.1. The van der Waals surface area contributed by atoms with Gasteiger partial charge in [0.2, 0.25) is 11.0 Å². The van der Waals surface area contributed by atoms with Gasteiger partial charge in [0, 0.05) is 22.1 Å². The standard InChI is InChI=1S/C13H7ClIN3O2S/c14-8-3-1-2-7(6-8)12(19)17-13-16-11(18-21-13)9-4-5-10(15)20-9/h1-6H,(H,16,17,18,19). The molecule has 1 N–H and O–H groups in total. The van der Waals surface area contributed by atoms with E-state index < -0.39 is 0 Å². The Morgan fingerprint density at radius 1 is 1.33 bits per heavy atom. The van der Waals surface area contributed by atoms with Gasteiger partial charge in [0.15, 0.2) is 9.53 Å². The lowest BCUT2D eigenvalue weighted by Crippen LogP contribution is -2.11. The minimum Gasteiger partial charge on any atom is -0.447 e. The van der Waals surface area contributed by atoms with Crippen LogP contribution in [0, 0.1) is 3.77 Å². The largest absolute Gasteiger partial charge is 0.447 e. The lowest BCUT2D eigenvalue weighted by atomic mass is 10.2. The summed E-state index contributed by atoms with van der Waals surface area (Å²) < 4.78 is 10.3. The molecule has 0 spiro atoms. The zero-order valence-electron chi connectivity index (χ0n) is 10.3. The van der Waals surface area contributed by atoms with Gasteiger partial charge in [-0.3, -0.25) is 10.1 Å². The summed E-state index contributed by atoms with van der Waals surface area (Å²) in [4.78, 5) is 16.3. The van der Waals surface area contributed by atoms with E-state index in [2.05, 4.69) is 37.3 Å². The van der Waals surface area contributed by atoms with Gasteiger partial charge < -0.3 is 4.42 Å². The molecular formula is C13H7ClIN3O2S. The molecule has 0 unspecified atom stereocenters. The number of benzene rings is 1. The zero-order chi connectivity index (χ0) is 14.8. The molecule has 8 heteroatoms. The van der Waals surface area contributed by atoms with E-state index in [-0.39, 0.29) is 5.91 Å². The van der Waals surface area contributed by atoms with Crippen molar-refractivity contribution in [1.29, 1.82) is 0 Å². The van der Waals surface area contributed by atoms with Gasteiger partial charge in [-0.1, -0.05) is 17.7 Å². The van der Waals surface area contributed by atoms with Crippen molar-refractivity contribution in [2.24, 2.45) is 0 Å². The summed E-state index contributed by atoms with van der Waals surface area (Å²) in [6.45, 7) is 0. The second kappa shape index (κ2) is 6.12. The third-order valence-electron chi connectivity index (χ3n) is 2.53. The van der Waals surface area contributed by atoms with E-state index in [1.165, 1.54) is 0 Å². The van der Waals surface area contributed by atoms with Gasteiger partial charge >= 0.3 is 0 Å². The zero-order valence-corrected chi connectivity index (χ0v) is 14.1. The van der Waals surface area contributed by atoms with Crippen LogP contribution < -0.4 is 5.32 Å². The topological polar surface area (TPSA) is 68.0 Å². The number of carbonyl (C=O) groups excluding carboxylic acids is 1. The maximum absolute atomic E-state index is 12.1. The normalized spacial score (nSPS) is 10.6. The van der Waals surface area contributed by atoms with E-state index in [0.717, 1.165) is 15.3 Å². The van der Waals surface area contributed by atoms with Crippen LogP contribution in [0.1, 0.15) is 10.4 Å². The summed E-state index contributed by atoms with van der Waals surface area (Å²) in [5, 5.41) is 3.60. The molecule has 0 bridgehead atoms. The Balaban J connectivity index is 1.77. The Morgan fingerprint density at radius 3 is 2.90 bits per heavy atom. The number of halogens is 2. The summed E-state index contributed by atoms with van der Waals surface area (Å²) in [6, 6.07) is 10.3. The molecule has 2 heterocycles. The van der Waals surface area contributed by atoms with Crippen LogP contribution >= 0.6 is 45.7 Å². The molecule has 0 aliphatic heterocycles. The van der Waals surface area contributed by atoms with E-state index in [1.807, 2.05) is 6.07 Å². The molecular weight excluding hydrogens is 425 g/mol. The van der Waals surface area contributed by atoms with Crippen molar-refractivity contribution in [3.8, 4) is 11.6 Å². The molecule has 0 atom stereocenters. The summed E-state index contributed by atoms with van der Waals surface area (Å²) in [7, 11) is 0. The number of rotatable bonds is 3. The molecule has 106 valence electrons. The number of hydrogen-bond acceptors (Lipinski definition) is 5. The summed E-state index contributed by atoms with van der Waals surface area (Å²) >= 11 is 9.02. The number of aromatic nitrogens is 2. The number of carbonyl (C=O) groups is 1. The molecule has 1 aromatic carbocycles. The van der Waals surface area contributed by atoms with E-state index in [0.29, 0.717) is 27.3 Å². The van der Waals surface area contributed by atoms with Crippen LogP contribution in [-0.4, -0.2) is 15.3 Å². The van der Waals surface area contributed by atoms with Crippen molar-refractivity contribution in [2.45, 2.75) is 0 Å². The predicted octanol–water partition coefficient (Wildman–Crippen LogP) is 4.31. The van der Waals surface area contributed by atoms with Gasteiger partial charge in [-0.2, -0.15) is 9.36 Å². The van der Waals surface area contributed by atoms with Gasteiger partial charge in [0.1, 0.15) is 0 Å². The van der Waals surface area contributed by atoms with Crippen LogP contribution in [0.4, 0.5) is 5.13 Å². The van der Waals surface area contributed by atoms with E-state index in [4.69, 9.17) is 16.0 Å². The lowest BCUT2D eigenvalue weighted by Gasteiger charge is -2.01. The number of anilines is 1. The molecule has 0 saturated carbocycles. The Kier molecular flexibility index (Phi) is 4.22. The van der Waals surface area contributed by atoms with Crippen LogP contribution in [0.5, 0.6) is 0 Å². The van der Waals surface area contributed by atoms with Crippen LogP contribution in [0.15, 0.2) is 40.8 Å². The Labute approximate surface area is 142 Å². The highest BCUT2D eigenvalue weighted by Crippen LogP contribution is 2.24. The first-order valence-corrected chi connectivity index (χ1v) is 8.01. The molecule has 0 aliphatic rings. The number of hydrogen-bond donors (Lipinski definition) is 1. The van der Waals surface area contributed by atoms with Crippen LogP contribution in [0.2, 0.25) is 5.02 Å². The Bertz CT molecular complexity index is 802. The van der Waals surface area contributed by atoms with Gasteiger partial charge in [-0.15, -0.1) is 0 Å². The molecule has 5 nitrogen and oxygen atoms in total. The average Bonchev–Trinajstić information content (AvgIpc) is 3.07. The van der Waals surface area contributed by atoms with Gasteiger partial charge in [0.05, 0.1) is 0 Å². The first-order valence-electron chi connectivity index (χ1n) is 5.78. The molecule has 0 fully saturated rings. The van der Waals surface area contributed by atoms with Crippen LogP contribution in [-0.2, 0) is 0 Å². The highest BCUT2D eigenvalue weighted by Gasteiger charge is 2.13. The van der Waals surface area contributed by atoms with Crippen LogP contribution in [0.25, 0.3) is 11.6 Å². The number of nitrogens with one attached hydrogen (secondary N) is 1. The average molecular weight is 432 g/mol.